The molecule has 1 N–H and O–H groups in total. The molecule has 5 nitrogen and oxygen atoms in total. The van der Waals surface area contributed by atoms with Gasteiger partial charge in [-0.2, -0.15) is 5.10 Å². The molecule has 0 aliphatic rings. The number of rotatable bonds is 7. The van der Waals surface area contributed by atoms with Crippen molar-refractivity contribution in [3.8, 4) is 5.75 Å². The summed E-state index contributed by atoms with van der Waals surface area (Å²) < 4.78 is 8.47. The second-order valence-electron chi connectivity index (χ2n) is 7.34. The topological polar surface area (TPSA) is 56.2 Å². The number of aryl methyl sites for hydroxylation is 1. The molecule has 0 fully saturated rings. The first kappa shape index (κ1) is 22.1. The van der Waals surface area contributed by atoms with E-state index in [4.69, 9.17) is 16.3 Å². The number of anilines is 1. The summed E-state index contributed by atoms with van der Waals surface area (Å²) in [6.45, 7) is 3.08. The van der Waals surface area contributed by atoms with E-state index in [0.29, 0.717) is 35.3 Å². The van der Waals surface area contributed by atoms with Crippen LogP contribution in [-0.2, 0) is 13.2 Å². The summed E-state index contributed by atoms with van der Waals surface area (Å²) in [4.78, 5) is 12.6. The van der Waals surface area contributed by atoms with E-state index in [1.807, 2.05) is 47.3 Å². The highest BCUT2D eigenvalue weighted by Gasteiger charge is 2.09. The van der Waals surface area contributed by atoms with Gasteiger partial charge in [0.05, 0.1) is 11.6 Å². The predicted molar refractivity (Wildman–Crippen MR) is 130 cm³/mol. The Kier molecular flexibility index (Phi) is 6.93. The number of carbonyl (C=O) groups is 1. The van der Waals surface area contributed by atoms with E-state index in [0.717, 1.165) is 10.0 Å². The quantitative estimate of drug-likeness (QED) is 0.309. The number of hydrogen-bond acceptors (Lipinski definition) is 3. The van der Waals surface area contributed by atoms with E-state index in [9.17, 15) is 4.79 Å². The van der Waals surface area contributed by atoms with E-state index < -0.39 is 0 Å². The number of ether oxygens (including phenoxy) is 1. The van der Waals surface area contributed by atoms with Crippen LogP contribution in [0.2, 0.25) is 5.02 Å². The molecule has 1 heterocycles. The Labute approximate surface area is 200 Å². The number of amides is 1. The largest absolute Gasteiger partial charge is 0.487 e. The van der Waals surface area contributed by atoms with Gasteiger partial charge in [0.2, 0.25) is 0 Å². The summed E-state index contributed by atoms with van der Waals surface area (Å²) in [5, 5.41) is 7.84. The van der Waals surface area contributed by atoms with Gasteiger partial charge in [-0.25, -0.2) is 0 Å². The minimum atomic E-state index is -0.213. The zero-order valence-corrected chi connectivity index (χ0v) is 19.7. The van der Waals surface area contributed by atoms with Gasteiger partial charge in [0.1, 0.15) is 12.4 Å². The summed E-state index contributed by atoms with van der Waals surface area (Å²) >= 11 is 9.55. The Bertz CT molecular complexity index is 1240. The lowest BCUT2D eigenvalue weighted by Crippen LogP contribution is -2.13. The fraction of sp³-hybridized carbons (Fsp3) is 0.120. The average molecular weight is 511 g/mol. The number of nitrogens with one attached hydrogen (secondary N) is 1. The summed E-state index contributed by atoms with van der Waals surface area (Å²) in [6, 6.07) is 22.7. The molecule has 0 saturated heterocycles. The normalized spacial score (nSPS) is 10.7. The maximum absolute atomic E-state index is 12.6. The van der Waals surface area contributed by atoms with Crippen LogP contribution < -0.4 is 10.1 Å². The van der Waals surface area contributed by atoms with Crippen LogP contribution in [0.15, 0.2) is 83.5 Å². The zero-order chi connectivity index (χ0) is 22.5. The summed E-state index contributed by atoms with van der Waals surface area (Å²) in [6.07, 6.45) is 1.86. The Hall–Kier alpha value is -3.09. The number of hydrogen-bond donors (Lipinski definition) is 1. The van der Waals surface area contributed by atoms with Gasteiger partial charge in [0.15, 0.2) is 5.82 Å². The third-order valence-electron chi connectivity index (χ3n) is 4.98. The van der Waals surface area contributed by atoms with Gasteiger partial charge in [-0.1, -0.05) is 63.9 Å². The van der Waals surface area contributed by atoms with Crippen LogP contribution in [-0.4, -0.2) is 15.7 Å². The van der Waals surface area contributed by atoms with Crippen molar-refractivity contribution in [2.75, 3.05) is 5.32 Å². The Morgan fingerprint density at radius 3 is 2.62 bits per heavy atom. The third-order valence-corrected chi connectivity index (χ3v) is 5.77. The van der Waals surface area contributed by atoms with Crippen LogP contribution in [0.25, 0.3) is 0 Å². The highest BCUT2D eigenvalue weighted by Crippen LogP contribution is 2.28. The summed E-state index contributed by atoms with van der Waals surface area (Å²) in [5.74, 6) is 0.911. The van der Waals surface area contributed by atoms with Crippen molar-refractivity contribution in [2.24, 2.45) is 0 Å². The molecule has 4 aromatic rings. The number of aromatic nitrogens is 2. The molecule has 0 bridgehead atoms. The third kappa shape index (κ3) is 5.58. The Balaban J connectivity index is 1.34. The van der Waals surface area contributed by atoms with Gasteiger partial charge in [-0.15, -0.1) is 0 Å². The Morgan fingerprint density at radius 2 is 1.88 bits per heavy atom. The van der Waals surface area contributed by atoms with Crippen LogP contribution >= 0.6 is 27.5 Å². The van der Waals surface area contributed by atoms with Crippen molar-refractivity contribution in [3.05, 3.63) is 111 Å². The van der Waals surface area contributed by atoms with Gasteiger partial charge < -0.3 is 10.1 Å². The monoisotopic (exact) mass is 509 g/mol. The summed E-state index contributed by atoms with van der Waals surface area (Å²) in [7, 11) is 0. The predicted octanol–water partition coefficient (Wildman–Crippen LogP) is 6.49. The highest BCUT2D eigenvalue weighted by molar-refractivity contribution is 9.10. The van der Waals surface area contributed by atoms with Crippen LogP contribution in [0.4, 0.5) is 5.82 Å². The molecule has 0 aliphatic carbocycles. The first-order chi connectivity index (χ1) is 15.5. The maximum Gasteiger partial charge on any atom is 0.256 e. The first-order valence-corrected chi connectivity index (χ1v) is 11.2. The van der Waals surface area contributed by atoms with E-state index in [-0.39, 0.29) is 5.91 Å². The van der Waals surface area contributed by atoms with Gasteiger partial charge in [-0.3, -0.25) is 9.48 Å². The van der Waals surface area contributed by atoms with Gasteiger partial charge in [0.25, 0.3) is 5.91 Å². The van der Waals surface area contributed by atoms with Crippen molar-refractivity contribution in [2.45, 2.75) is 20.1 Å². The molecule has 0 unspecified atom stereocenters. The van der Waals surface area contributed by atoms with Crippen molar-refractivity contribution in [1.29, 1.82) is 0 Å². The Morgan fingerprint density at radius 1 is 1.09 bits per heavy atom. The van der Waals surface area contributed by atoms with E-state index in [1.54, 1.807) is 24.3 Å². The molecule has 7 heteroatoms. The highest BCUT2D eigenvalue weighted by atomic mass is 79.9. The standard InChI is InChI=1S/C25H21BrClN3O2/c1-17-4-2-3-5-20(17)15-30-13-12-24(29-30)28-25(31)19-8-6-18(7-9-19)16-32-23-11-10-21(26)14-22(23)27/h2-14H,15-16H2,1H3,(H,28,29,31). The minimum absolute atomic E-state index is 0.213. The van der Waals surface area contributed by atoms with Gasteiger partial charge >= 0.3 is 0 Å². The lowest BCUT2D eigenvalue weighted by atomic mass is 10.1. The van der Waals surface area contributed by atoms with Crippen LogP contribution in [0, 0.1) is 6.92 Å². The molecular weight excluding hydrogens is 490 g/mol. The fourth-order valence-electron chi connectivity index (χ4n) is 3.17. The molecule has 0 spiro atoms. The maximum atomic E-state index is 12.6. The molecule has 1 aromatic heterocycles. The van der Waals surface area contributed by atoms with Crippen LogP contribution in [0.5, 0.6) is 5.75 Å². The fourth-order valence-corrected chi connectivity index (χ4v) is 3.90. The lowest BCUT2D eigenvalue weighted by Gasteiger charge is -2.09. The van der Waals surface area contributed by atoms with E-state index in [2.05, 4.69) is 45.4 Å². The second-order valence-corrected chi connectivity index (χ2v) is 8.66. The number of carbonyl (C=O) groups excluding carboxylic acids is 1. The van der Waals surface area contributed by atoms with Crippen LogP contribution in [0.3, 0.4) is 0 Å². The molecule has 0 radical (unpaired) electrons. The van der Waals surface area contributed by atoms with Gasteiger partial charge in [0, 0.05) is 22.3 Å². The summed E-state index contributed by atoms with van der Waals surface area (Å²) in [5.41, 5.74) is 3.88. The molecular formula is C25H21BrClN3O2. The molecule has 0 aliphatic heterocycles. The van der Waals surface area contributed by atoms with Crippen molar-refractivity contribution < 1.29 is 9.53 Å². The van der Waals surface area contributed by atoms with Crippen molar-refractivity contribution >= 4 is 39.3 Å². The lowest BCUT2D eigenvalue weighted by molar-refractivity contribution is 0.102. The van der Waals surface area contributed by atoms with E-state index in [1.165, 1.54) is 11.1 Å². The van der Waals surface area contributed by atoms with Crippen molar-refractivity contribution in [1.82, 2.24) is 9.78 Å². The minimum Gasteiger partial charge on any atom is -0.487 e. The van der Waals surface area contributed by atoms with Crippen LogP contribution in [0.1, 0.15) is 27.0 Å². The van der Waals surface area contributed by atoms with E-state index >= 15 is 0 Å². The number of nitrogens with zero attached hydrogens (tertiary/aromatic N) is 2. The first-order valence-electron chi connectivity index (χ1n) is 10.0. The molecule has 1 amide bonds. The number of benzene rings is 3. The number of halogens is 2. The molecule has 0 saturated carbocycles. The molecule has 32 heavy (non-hydrogen) atoms. The zero-order valence-electron chi connectivity index (χ0n) is 17.4. The molecule has 3 aromatic carbocycles. The second kappa shape index (κ2) is 10.0. The SMILES string of the molecule is Cc1ccccc1Cn1ccc(NC(=O)c2ccc(COc3ccc(Br)cc3Cl)cc2)n1. The molecule has 162 valence electrons. The molecule has 0 atom stereocenters. The molecule has 4 rings (SSSR count). The van der Waals surface area contributed by atoms with Gasteiger partial charge in [-0.05, 0) is 53.9 Å². The van der Waals surface area contributed by atoms with Crippen molar-refractivity contribution in [3.63, 3.8) is 0 Å². The smallest absolute Gasteiger partial charge is 0.256 e. The average Bonchev–Trinajstić information content (AvgIpc) is 3.22.